The van der Waals surface area contributed by atoms with E-state index in [1.807, 2.05) is 6.07 Å². The minimum atomic E-state index is -0.943. The van der Waals surface area contributed by atoms with Crippen LogP contribution in [0.15, 0.2) is 23.1 Å². The van der Waals surface area contributed by atoms with Gasteiger partial charge in [0.05, 0.1) is 12.0 Å². The first-order valence-corrected chi connectivity index (χ1v) is 11.2. The Kier molecular flexibility index (Phi) is 6.32. The van der Waals surface area contributed by atoms with Gasteiger partial charge in [-0.05, 0) is 80.6 Å². The third-order valence-corrected chi connectivity index (χ3v) is 6.79. The summed E-state index contributed by atoms with van der Waals surface area (Å²) in [7, 11) is 1.24. The summed E-state index contributed by atoms with van der Waals surface area (Å²) in [5.74, 6) is -0.673. The smallest absolute Gasteiger partial charge is 0.328 e. The van der Waals surface area contributed by atoms with Crippen molar-refractivity contribution in [2.24, 2.45) is 0 Å². The fourth-order valence-corrected chi connectivity index (χ4v) is 5.39. The van der Waals surface area contributed by atoms with Gasteiger partial charge in [-0.15, -0.1) is 0 Å². The van der Waals surface area contributed by atoms with Crippen LogP contribution in [0.2, 0.25) is 0 Å². The summed E-state index contributed by atoms with van der Waals surface area (Å²) in [4.78, 5) is 40.6. The van der Waals surface area contributed by atoms with Crippen LogP contribution in [0.5, 0.6) is 0 Å². The van der Waals surface area contributed by atoms with Crippen LogP contribution in [-0.2, 0) is 14.3 Å². The van der Waals surface area contributed by atoms with Crippen molar-refractivity contribution in [1.82, 2.24) is 4.90 Å². The lowest BCUT2D eigenvalue weighted by molar-refractivity contribution is -0.148. The first-order chi connectivity index (χ1) is 14.1. The second-order valence-corrected chi connectivity index (χ2v) is 9.63. The fraction of sp³-hybridized carbons (Fsp3) is 0.522. The molecule has 0 saturated carbocycles. The number of methoxy groups -OCH3 is 1. The Morgan fingerprint density at radius 2 is 2.07 bits per heavy atom. The van der Waals surface area contributed by atoms with Crippen molar-refractivity contribution >= 4 is 40.6 Å². The number of thioether (sulfide) groups is 1. The van der Waals surface area contributed by atoms with Crippen LogP contribution in [0.25, 0.3) is 6.08 Å². The molecule has 2 heterocycles. The van der Waals surface area contributed by atoms with E-state index in [0.29, 0.717) is 10.8 Å². The number of benzene rings is 1. The lowest BCUT2D eigenvalue weighted by Gasteiger charge is -2.47. The molecule has 2 unspecified atom stereocenters. The summed E-state index contributed by atoms with van der Waals surface area (Å²) in [5.41, 5.74) is 3.48. The van der Waals surface area contributed by atoms with Crippen LogP contribution in [-0.4, -0.2) is 47.3 Å². The average Bonchev–Trinajstić information content (AvgIpc) is 2.96. The van der Waals surface area contributed by atoms with E-state index in [4.69, 9.17) is 0 Å². The van der Waals surface area contributed by atoms with Crippen LogP contribution in [0, 0.1) is 0 Å². The number of hydrogen-bond donors (Lipinski definition) is 0. The number of amides is 2. The second kappa shape index (κ2) is 8.46. The van der Waals surface area contributed by atoms with Gasteiger partial charge in [0.15, 0.2) is 0 Å². The highest BCUT2D eigenvalue weighted by atomic mass is 32.2. The Morgan fingerprint density at radius 3 is 2.70 bits per heavy atom. The number of carbonyl (C=O) groups is 3. The van der Waals surface area contributed by atoms with Crippen molar-refractivity contribution in [1.29, 1.82) is 0 Å². The second-order valence-electron chi connectivity index (χ2n) is 8.64. The highest BCUT2D eigenvalue weighted by molar-refractivity contribution is 8.18. The van der Waals surface area contributed by atoms with E-state index < -0.39 is 23.2 Å². The molecular formula is C23H30N2O4S. The zero-order valence-corrected chi connectivity index (χ0v) is 19.3. The summed E-state index contributed by atoms with van der Waals surface area (Å²) in [5, 5.41) is -0.452. The van der Waals surface area contributed by atoms with Crippen LogP contribution in [0.1, 0.15) is 64.5 Å². The van der Waals surface area contributed by atoms with Crippen molar-refractivity contribution in [3.63, 3.8) is 0 Å². The first kappa shape index (κ1) is 22.4. The van der Waals surface area contributed by atoms with Crippen LogP contribution >= 0.6 is 11.8 Å². The maximum atomic E-state index is 12.8. The van der Waals surface area contributed by atoms with Crippen LogP contribution in [0.4, 0.5) is 10.5 Å². The summed E-state index contributed by atoms with van der Waals surface area (Å²) in [6, 6.07) is 5.29. The highest BCUT2D eigenvalue weighted by Crippen LogP contribution is 2.44. The van der Waals surface area contributed by atoms with Gasteiger partial charge in [-0.1, -0.05) is 19.9 Å². The van der Waals surface area contributed by atoms with E-state index in [1.165, 1.54) is 25.3 Å². The highest BCUT2D eigenvalue weighted by Gasteiger charge is 2.41. The molecule has 2 amide bonds. The van der Waals surface area contributed by atoms with Gasteiger partial charge in [-0.25, -0.2) is 4.79 Å². The first-order valence-electron chi connectivity index (χ1n) is 10.4. The van der Waals surface area contributed by atoms with Crippen molar-refractivity contribution in [3.8, 4) is 0 Å². The Bertz CT molecular complexity index is 908. The summed E-state index contributed by atoms with van der Waals surface area (Å²) >= 11 is 0.860. The van der Waals surface area contributed by atoms with Gasteiger partial charge in [0.2, 0.25) is 0 Å². The molecule has 2 aliphatic rings. The molecule has 7 heteroatoms. The van der Waals surface area contributed by atoms with Crippen molar-refractivity contribution in [2.45, 2.75) is 65.0 Å². The number of hydrogen-bond acceptors (Lipinski definition) is 6. The number of rotatable bonds is 5. The number of anilines is 1. The van der Waals surface area contributed by atoms with Crippen molar-refractivity contribution in [3.05, 3.63) is 34.2 Å². The molecule has 2 aliphatic heterocycles. The lowest BCUT2D eigenvalue weighted by Crippen LogP contribution is -2.48. The van der Waals surface area contributed by atoms with Crippen molar-refractivity contribution < 1.29 is 19.1 Å². The molecule has 3 rings (SSSR count). The van der Waals surface area contributed by atoms with Crippen LogP contribution < -0.4 is 4.90 Å². The number of imide groups is 1. The zero-order valence-electron chi connectivity index (χ0n) is 18.5. The van der Waals surface area contributed by atoms with E-state index in [-0.39, 0.29) is 5.54 Å². The third-order valence-electron chi connectivity index (χ3n) is 5.91. The minimum Gasteiger partial charge on any atom is -0.467 e. The fourth-order valence-electron chi connectivity index (χ4n) is 4.49. The number of carbonyl (C=O) groups excluding carboxylic acids is 3. The van der Waals surface area contributed by atoms with E-state index in [9.17, 15) is 14.4 Å². The molecule has 0 bridgehead atoms. The molecule has 1 saturated heterocycles. The topological polar surface area (TPSA) is 66.9 Å². The zero-order chi connectivity index (χ0) is 22.2. The van der Waals surface area contributed by atoms with Gasteiger partial charge in [0.25, 0.3) is 11.1 Å². The predicted octanol–water partition coefficient (Wildman–Crippen LogP) is 4.79. The minimum absolute atomic E-state index is 0.0939. The number of nitrogens with zero attached hydrogens (tertiary/aromatic N) is 2. The Balaban J connectivity index is 1.93. The molecule has 0 aromatic heterocycles. The van der Waals surface area contributed by atoms with E-state index in [1.54, 1.807) is 6.08 Å². The molecule has 0 N–H and O–H groups in total. The average molecular weight is 431 g/mol. The van der Waals surface area contributed by atoms with Gasteiger partial charge in [-0.2, -0.15) is 0 Å². The Morgan fingerprint density at radius 1 is 1.37 bits per heavy atom. The summed E-state index contributed by atoms with van der Waals surface area (Å²) < 4.78 is 4.68. The van der Waals surface area contributed by atoms with E-state index in [0.717, 1.165) is 41.6 Å². The number of ether oxygens (including phenoxy) is 1. The molecular weight excluding hydrogens is 400 g/mol. The molecule has 0 radical (unpaired) electrons. The Labute approximate surface area is 182 Å². The molecule has 0 aliphatic carbocycles. The van der Waals surface area contributed by atoms with Gasteiger partial charge in [0.1, 0.15) is 6.04 Å². The molecule has 2 atom stereocenters. The van der Waals surface area contributed by atoms with Gasteiger partial charge in [0, 0.05) is 17.8 Å². The number of fused-ring (bicyclic) bond motifs is 1. The number of esters is 1. The lowest BCUT2D eigenvalue weighted by atomic mass is 9.79. The maximum Gasteiger partial charge on any atom is 0.328 e. The van der Waals surface area contributed by atoms with Crippen LogP contribution in [0.3, 0.4) is 0 Å². The molecule has 1 aromatic rings. The predicted molar refractivity (Wildman–Crippen MR) is 120 cm³/mol. The van der Waals surface area contributed by atoms with E-state index >= 15 is 0 Å². The van der Waals surface area contributed by atoms with Gasteiger partial charge in [-0.3, -0.25) is 14.5 Å². The molecule has 0 spiro atoms. The molecule has 30 heavy (non-hydrogen) atoms. The largest absolute Gasteiger partial charge is 0.467 e. The SMILES string of the molecule is CCCN1c2ccc(/C=C3\SC(=O)N(C(C)C(=O)OC)C3=O)cc2C(C)CC1(C)C. The van der Waals surface area contributed by atoms with Crippen molar-refractivity contribution in [2.75, 3.05) is 18.6 Å². The molecule has 1 aromatic carbocycles. The Hall–Kier alpha value is -2.28. The normalized spacial score (nSPS) is 23.0. The summed E-state index contributed by atoms with van der Waals surface area (Å²) in [6.45, 7) is 11.5. The maximum absolute atomic E-state index is 12.8. The monoisotopic (exact) mass is 430 g/mol. The molecule has 6 nitrogen and oxygen atoms in total. The standard InChI is InChI=1S/C23H30N2O4S/c1-7-10-24-18-9-8-16(11-17(18)14(2)13-23(24,4)5)12-19-20(26)25(22(28)30-19)15(3)21(27)29-6/h8-9,11-12,14-15H,7,10,13H2,1-6H3/b19-12-. The van der Waals surface area contributed by atoms with Gasteiger partial charge >= 0.3 is 5.97 Å². The third kappa shape index (κ3) is 4.00. The van der Waals surface area contributed by atoms with E-state index in [2.05, 4.69) is 49.5 Å². The van der Waals surface area contributed by atoms with Gasteiger partial charge < -0.3 is 9.64 Å². The quantitative estimate of drug-likeness (QED) is 0.494. The molecule has 1 fully saturated rings. The molecule has 162 valence electrons. The summed E-state index contributed by atoms with van der Waals surface area (Å²) in [6.07, 6.45) is 3.87.